The number of esters is 1. The van der Waals surface area contributed by atoms with Gasteiger partial charge in [-0.15, -0.1) is 0 Å². The monoisotopic (exact) mass is 510 g/mol. The first-order valence-corrected chi connectivity index (χ1v) is 13.9. The third-order valence-electron chi connectivity index (χ3n) is 6.48. The molecule has 1 aromatic heterocycles. The molecule has 2 aromatic rings. The molecule has 36 heavy (non-hydrogen) atoms. The number of nitriles is 1. The zero-order valence-corrected chi connectivity index (χ0v) is 22.4. The van der Waals surface area contributed by atoms with Crippen molar-refractivity contribution in [2.24, 2.45) is 5.41 Å². The van der Waals surface area contributed by atoms with Gasteiger partial charge in [-0.2, -0.15) is 5.26 Å². The Labute approximate surface area is 213 Å². The number of nitrogens with zero attached hydrogens (tertiary/aromatic N) is 2. The Kier molecular flexibility index (Phi) is 7.94. The summed E-state index contributed by atoms with van der Waals surface area (Å²) in [6, 6.07) is 11.8. The van der Waals surface area contributed by atoms with Crippen LogP contribution in [0.25, 0.3) is 0 Å². The predicted molar refractivity (Wildman–Crippen MR) is 137 cm³/mol. The third-order valence-corrected chi connectivity index (χ3v) is 8.07. The molecule has 192 valence electrons. The van der Waals surface area contributed by atoms with Crippen LogP contribution < -0.4 is 0 Å². The second kappa shape index (κ2) is 10.4. The fourth-order valence-electron chi connectivity index (χ4n) is 5.03. The molecule has 0 saturated carbocycles. The molecule has 0 radical (unpaired) electrons. The molecule has 2 heterocycles. The number of carbonyl (C=O) groups excluding carboxylic acids is 1. The SMILES string of the molecule is CCCC1(CCC)OC(=O)C(C(c2cccc(CS(=O)(=O)c3ccc(C#N)cn3)c2)C(C)(C)C)=C1O. The summed E-state index contributed by atoms with van der Waals surface area (Å²) < 4.78 is 31.8. The molecule has 7 nitrogen and oxygen atoms in total. The van der Waals surface area contributed by atoms with Crippen LogP contribution in [0.5, 0.6) is 0 Å². The Bertz CT molecular complexity index is 1290. The molecule has 1 N–H and O–H groups in total. The second-order valence-electron chi connectivity index (χ2n) is 10.4. The van der Waals surface area contributed by atoms with Crippen LogP contribution in [0.1, 0.15) is 82.9 Å². The van der Waals surface area contributed by atoms with Gasteiger partial charge < -0.3 is 9.84 Å². The van der Waals surface area contributed by atoms with Crippen LogP contribution in [-0.2, 0) is 25.1 Å². The average Bonchev–Trinajstić information content (AvgIpc) is 3.03. The maximum atomic E-state index is 13.2. The summed E-state index contributed by atoms with van der Waals surface area (Å²) in [5.74, 6) is -1.32. The van der Waals surface area contributed by atoms with Gasteiger partial charge in [0.15, 0.2) is 20.5 Å². The van der Waals surface area contributed by atoms with Crippen molar-refractivity contribution in [3.8, 4) is 6.07 Å². The normalized spacial score (nSPS) is 16.5. The van der Waals surface area contributed by atoms with Crippen molar-refractivity contribution in [2.45, 2.75) is 82.6 Å². The molecule has 0 amide bonds. The van der Waals surface area contributed by atoms with Crippen LogP contribution in [0, 0.1) is 16.7 Å². The summed E-state index contributed by atoms with van der Waals surface area (Å²) in [7, 11) is -3.76. The van der Waals surface area contributed by atoms with Crippen LogP contribution in [0.2, 0.25) is 0 Å². The summed E-state index contributed by atoms with van der Waals surface area (Å²) in [6.07, 6.45) is 3.81. The van der Waals surface area contributed by atoms with E-state index in [9.17, 15) is 18.3 Å². The summed E-state index contributed by atoms with van der Waals surface area (Å²) >= 11 is 0. The van der Waals surface area contributed by atoms with Crippen molar-refractivity contribution >= 4 is 15.8 Å². The number of rotatable bonds is 9. The number of ether oxygens (including phenoxy) is 1. The minimum absolute atomic E-state index is 0.00377. The van der Waals surface area contributed by atoms with Crippen molar-refractivity contribution < 1.29 is 23.1 Å². The number of aliphatic hydroxyl groups is 1. The maximum absolute atomic E-state index is 13.2. The lowest BCUT2D eigenvalue weighted by Gasteiger charge is -2.31. The van der Waals surface area contributed by atoms with Crippen LogP contribution >= 0.6 is 0 Å². The highest BCUT2D eigenvalue weighted by atomic mass is 32.2. The fraction of sp³-hybridized carbons (Fsp3) is 0.464. The van der Waals surface area contributed by atoms with Gasteiger partial charge in [0.2, 0.25) is 0 Å². The number of pyridine rings is 1. The van der Waals surface area contributed by atoms with E-state index in [-0.39, 0.29) is 27.7 Å². The molecule has 1 aliphatic heterocycles. The topological polar surface area (TPSA) is 117 Å². The Morgan fingerprint density at radius 3 is 2.33 bits per heavy atom. The number of aromatic nitrogens is 1. The molecule has 3 rings (SSSR count). The van der Waals surface area contributed by atoms with E-state index in [1.807, 2.05) is 46.8 Å². The van der Waals surface area contributed by atoms with Crippen molar-refractivity contribution in [1.82, 2.24) is 4.98 Å². The Morgan fingerprint density at radius 2 is 1.81 bits per heavy atom. The zero-order valence-electron chi connectivity index (χ0n) is 21.5. The Morgan fingerprint density at radius 1 is 1.14 bits per heavy atom. The highest BCUT2D eigenvalue weighted by Gasteiger charge is 2.51. The first kappa shape index (κ1) is 27.4. The molecule has 0 bridgehead atoms. The number of hydrogen-bond acceptors (Lipinski definition) is 7. The van der Waals surface area contributed by atoms with Gasteiger partial charge in [-0.05, 0) is 41.5 Å². The van der Waals surface area contributed by atoms with Gasteiger partial charge >= 0.3 is 5.97 Å². The van der Waals surface area contributed by atoms with E-state index < -0.39 is 32.7 Å². The van der Waals surface area contributed by atoms with Crippen LogP contribution in [0.15, 0.2) is 59.0 Å². The Hall–Kier alpha value is -3.18. The molecular weight excluding hydrogens is 476 g/mol. The van der Waals surface area contributed by atoms with Crippen molar-refractivity contribution in [1.29, 1.82) is 5.26 Å². The van der Waals surface area contributed by atoms with Gasteiger partial charge in [0.1, 0.15) is 11.8 Å². The van der Waals surface area contributed by atoms with Crippen molar-refractivity contribution in [3.63, 3.8) is 0 Å². The van der Waals surface area contributed by atoms with E-state index in [1.165, 1.54) is 18.3 Å². The average molecular weight is 511 g/mol. The lowest BCUT2D eigenvalue weighted by atomic mass is 9.71. The summed E-state index contributed by atoms with van der Waals surface area (Å²) in [4.78, 5) is 17.1. The fourth-order valence-corrected chi connectivity index (χ4v) is 6.29. The maximum Gasteiger partial charge on any atom is 0.339 e. The van der Waals surface area contributed by atoms with E-state index in [0.29, 0.717) is 18.4 Å². The molecule has 0 spiro atoms. The lowest BCUT2D eigenvalue weighted by molar-refractivity contribution is -0.150. The van der Waals surface area contributed by atoms with E-state index in [0.717, 1.165) is 18.4 Å². The second-order valence-corrected chi connectivity index (χ2v) is 12.4. The number of cyclic esters (lactones) is 1. The van der Waals surface area contributed by atoms with E-state index in [4.69, 9.17) is 10.00 Å². The number of benzene rings is 1. The highest BCUT2D eigenvalue weighted by Crippen LogP contribution is 2.49. The molecule has 8 heteroatoms. The molecular formula is C28H34N2O5S. The third kappa shape index (κ3) is 5.46. The smallest absolute Gasteiger partial charge is 0.339 e. The van der Waals surface area contributed by atoms with Crippen LogP contribution in [-0.4, -0.2) is 30.1 Å². The molecule has 1 unspecified atom stereocenters. The summed E-state index contributed by atoms with van der Waals surface area (Å²) in [6.45, 7) is 9.92. The van der Waals surface area contributed by atoms with Gasteiger partial charge in [-0.25, -0.2) is 18.2 Å². The summed E-state index contributed by atoms with van der Waals surface area (Å²) in [5, 5.41) is 20.2. The van der Waals surface area contributed by atoms with Gasteiger partial charge in [-0.3, -0.25) is 0 Å². The molecule has 1 aromatic carbocycles. The minimum Gasteiger partial charge on any atom is -0.507 e. The van der Waals surface area contributed by atoms with Crippen molar-refractivity contribution in [3.05, 3.63) is 70.6 Å². The highest BCUT2D eigenvalue weighted by molar-refractivity contribution is 7.90. The quantitative estimate of drug-likeness (QED) is 0.426. The molecule has 1 atom stereocenters. The number of aliphatic hydroxyl groups excluding tert-OH is 1. The first-order chi connectivity index (χ1) is 16.9. The molecule has 0 fully saturated rings. The first-order valence-electron chi connectivity index (χ1n) is 12.2. The number of hydrogen-bond donors (Lipinski definition) is 1. The standard InChI is InChI=1S/C28H34N2O5S/c1-6-13-28(14-7-2)25(31)23(26(32)35-28)24(27(3,4)5)21-10-8-9-19(15-21)18-36(33,34)22-12-11-20(16-29)17-30-22/h8-12,15,17,24,31H,6-7,13-14,18H2,1-5H3. The predicted octanol–water partition coefficient (Wildman–Crippen LogP) is 5.76. The van der Waals surface area contributed by atoms with Gasteiger partial charge in [-0.1, -0.05) is 71.7 Å². The van der Waals surface area contributed by atoms with E-state index in [2.05, 4.69) is 4.98 Å². The zero-order chi connectivity index (χ0) is 26.7. The van der Waals surface area contributed by atoms with E-state index >= 15 is 0 Å². The van der Waals surface area contributed by atoms with Gasteiger partial charge in [0.25, 0.3) is 0 Å². The molecule has 0 saturated heterocycles. The van der Waals surface area contributed by atoms with E-state index in [1.54, 1.807) is 18.2 Å². The molecule has 0 aliphatic carbocycles. The van der Waals surface area contributed by atoms with Crippen LogP contribution in [0.4, 0.5) is 0 Å². The largest absolute Gasteiger partial charge is 0.507 e. The van der Waals surface area contributed by atoms with Gasteiger partial charge in [0, 0.05) is 12.1 Å². The molecule has 1 aliphatic rings. The minimum atomic E-state index is -3.76. The summed E-state index contributed by atoms with van der Waals surface area (Å²) in [5.41, 5.74) is 0.309. The van der Waals surface area contributed by atoms with Gasteiger partial charge in [0.05, 0.1) is 16.9 Å². The number of carbonyl (C=O) groups is 1. The van der Waals surface area contributed by atoms with Crippen molar-refractivity contribution in [2.75, 3.05) is 0 Å². The number of sulfone groups is 1. The lowest BCUT2D eigenvalue weighted by Crippen LogP contribution is -2.31. The Balaban J connectivity index is 2.05. The van der Waals surface area contributed by atoms with Crippen LogP contribution in [0.3, 0.4) is 0 Å².